The largest absolute Gasteiger partial charge is 0.418 e. The zero-order valence-electron chi connectivity index (χ0n) is 20.7. The predicted molar refractivity (Wildman–Crippen MR) is 150 cm³/mol. The first-order chi connectivity index (χ1) is 18.7. The fraction of sp³-hybridized carbons (Fsp3) is 0.200. The summed E-state index contributed by atoms with van der Waals surface area (Å²) < 4.78 is 11.3. The Hall–Kier alpha value is -4.23. The summed E-state index contributed by atoms with van der Waals surface area (Å²) >= 11 is 5.78. The molecule has 1 aliphatic carbocycles. The van der Waals surface area contributed by atoms with Gasteiger partial charge in [0, 0.05) is 17.2 Å². The molecule has 6 aromatic rings. The van der Waals surface area contributed by atoms with Crippen LogP contribution in [-0.4, -0.2) is 26.0 Å². The Morgan fingerprint density at radius 3 is 1.76 bits per heavy atom. The second-order valence-electron chi connectivity index (χ2n) is 9.23. The highest BCUT2D eigenvalue weighted by Gasteiger charge is 2.15. The Balaban J connectivity index is 0.000000146. The van der Waals surface area contributed by atoms with Gasteiger partial charge in [-0.1, -0.05) is 67.3 Å². The smallest absolute Gasteiger partial charge is 0.249 e. The van der Waals surface area contributed by atoms with Crippen molar-refractivity contribution in [2.75, 3.05) is 5.32 Å². The van der Waals surface area contributed by atoms with Gasteiger partial charge in [-0.2, -0.15) is 9.97 Å². The molecule has 0 unspecified atom stereocenters. The lowest BCUT2D eigenvalue weighted by Gasteiger charge is -2.23. The zero-order valence-corrected chi connectivity index (χ0v) is 21.4. The third-order valence-corrected chi connectivity index (χ3v) is 6.69. The highest BCUT2D eigenvalue weighted by atomic mass is 35.5. The highest BCUT2D eigenvalue weighted by Crippen LogP contribution is 2.26. The molecule has 0 amide bonds. The number of fused-ring (bicyclic) bond motifs is 2. The number of aromatic nitrogens is 4. The number of oxazole rings is 2. The molecule has 7 nitrogen and oxygen atoms in total. The van der Waals surface area contributed by atoms with Crippen LogP contribution in [0, 0.1) is 0 Å². The molecule has 1 saturated carbocycles. The molecule has 0 aliphatic heterocycles. The number of nitrogens with one attached hydrogen (secondary N) is 1. The van der Waals surface area contributed by atoms with Crippen LogP contribution in [0.1, 0.15) is 32.1 Å². The Morgan fingerprint density at radius 1 is 0.605 bits per heavy atom. The minimum atomic E-state index is 0.406. The van der Waals surface area contributed by atoms with Crippen LogP contribution in [0.5, 0.6) is 0 Å². The maximum atomic E-state index is 5.82. The van der Waals surface area contributed by atoms with Crippen LogP contribution in [0.3, 0.4) is 0 Å². The van der Waals surface area contributed by atoms with E-state index in [1.165, 1.54) is 32.1 Å². The molecule has 1 aliphatic rings. The second-order valence-corrected chi connectivity index (χ2v) is 9.62. The van der Waals surface area contributed by atoms with E-state index in [1.807, 2.05) is 72.8 Å². The van der Waals surface area contributed by atoms with Crippen molar-refractivity contribution in [3.8, 4) is 22.9 Å². The van der Waals surface area contributed by atoms with Crippen molar-refractivity contribution < 1.29 is 8.83 Å². The van der Waals surface area contributed by atoms with Crippen LogP contribution < -0.4 is 5.32 Å². The van der Waals surface area contributed by atoms with Crippen LogP contribution >= 0.6 is 11.6 Å². The van der Waals surface area contributed by atoms with Gasteiger partial charge in [0.1, 0.15) is 22.0 Å². The van der Waals surface area contributed by atoms with Gasteiger partial charge in [-0.25, -0.2) is 9.97 Å². The Bertz CT molecular complexity index is 1640. The molecule has 190 valence electrons. The number of hydrogen-bond donors (Lipinski definition) is 1. The van der Waals surface area contributed by atoms with Crippen LogP contribution in [0.15, 0.2) is 93.8 Å². The van der Waals surface area contributed by atoms with Crippen molar-refractivity contribution >= 4 is 39.9 Å². The van der Waals surface area contributed by atoms with E-state index in [0.717, 1.165) is 22.5 Å². The van der Waals surface area contributed by atoms with Gasteiger partial charge in [-0.3, -0.25) is 0 Å². The monoisotopic (exact) mass is 523 g/mol. The van der Waals surface area contributed by atoms with E-state index >= 15 is 0 Å². The molecule has 4 aromatic heterocycles. The van der Waals surface area contributed by atoms with Crippen molar-refractivity contribution in [3.05, 3.63) is 90.1 Å². The second kappa shape index (κ2) is 11.0. The molecule has 8 heteroatoms. The summed E-state index contributed by atoms with van der Waals surface area (Å²) in [5.41, 5.74) is 4.47. The molecule has 2 aromatic carbocycles. The molecule has 0 saturated heterocycles. The van der Waals surface area contributed by atoms with Crippen molar-refractivity contribution in [2.45, 2.75) is 38.1 Å². The van der Waals surface area contributed by atoms with Gasteiger partial charge in [-0.05, 0) is 61.4 Å². The number of hydrogen-bond acceptors (Lipinski definition) is 7. The topological polar surface area (TPSA) is 89.9 Å². The number of anilines is 1. The fourth-order valence-corrected chi connectivity index (χ4v) is 4.70. The number of benzene rings is 2. The van der Waals surface area contributed by atoms with Crippen LogP contribution in [0.2, 0.25) is 5.15 Å². The quantitative estimate of drug-likeness (QED) is 0.233. The molecule has 1 fully saturated rings. The number of pyridine rings is 2. The minimum Gasteiger partial charge on any atom is -0.418 e. The van der Waals surface area contributed by atoms with Gasteiger partial charge >= 0.3 is 0 Å². The van der Waals surface area contributed by atoms with E-state index in [-0.39, 0.29) is 0 Å². The van der Waals surface area contributed by atoms with Crippen LogP contribution in [-0.2, 0) is 0 Å². The molecule has 1 N–H and O–H groups in total. The van der Waals surface area contributed by atoms with E-state index in [2.05, 4.69) is 25.3 Å². The SMILES string of the molecule is Clc1ccc2nc(-c3ccccc3)oc2n1.c1ccc(-c2nc3ccc(NC4CCCCC4)nc3o2)cc1. The molecule has 4 heterocycles. The summed E-state index contributed by atoms with van der Waals surface area (Å²) in [5.74, 6) is 2.07. The summed E-state index contributed by atoms with van der Waals surface area (Å²) in [5, 5.41) is 3.93. The first-order valence-electron chi connectivity index (χ1n) is 12.8. The maximum absolute atomic E-state index is 5.82. The van der Waals surface area contributed by atoms with Gasteiger partial charge in [0.25, 0.3) is 0 Å². The minimum absolute atomic E-state index is 0.406. The molecule has 38 heavy (non-hydrogen) atoms. The first kappa shape index (κ1) is 24.1. The summed E-state index contributed by atoms with van der Waals surface area (Å²) in [6.45, 7) is 0. The predicted octanol–water partition coefficient (Wildman–Crippen LogP) is 8.18. The molecular formula is C30H26ClN5O2. The maximum Gasteiger partial charge on any atom is 0.249 e. The number of halogens is 1. The fourth-order valence-electron chi connectivity index (χ4n) is 4.56. The van der Waals surface area contributed by atoms with Gasteiger partial charge in [-0.15, -0.1) is 0 Å². The average molecular weight is 524 g/mol. The Kier molecular flexibility index (Phi) is 7.00. The van der Waals surface area contributed by atoms with E-state index < -0.39 is 0 Å². The third-order valence-electron chi connectivity index (χ3n) is 6.48. The molecule has 0 bridgehead atoms. The average Bonchev–Trinajstić information content (AvgIpc) is 3.59. The van der Waals surface area contributed by atoms with Crippen molar-refractivity contribution in [1.29, 1.82) is 0 Å². The van der Waals surface area contributed by atoms with E-state index in [4.69, 9.17) is 20.4 Å². The van der Waals surface area contributed by atoms with Crippen molar-refractivity contribution in [1.82, 2.24) is 19.9 Å². The Labute approximate surface area is 224 Å². The zero-order chi connectivity index (χ0) is 25.7. The summed E-state index contributed by atoms with van der Waals surface area (Å²) in [4.78, 5) is 17.5. The molecular weight excluding hydrogens is 498 g/mol. The lowest BCUT2D eigenvalue weighted by Crippen LogP contribution is -2.22. The van der Waals surface area contributed by atoms with E-state index in [0.29, 0.717) is 39.9 Å². The third kappa shape index (κ3) is 5.53. The molecule has 0 atom stereocenters. The lowest BCUT2D eigenvalue weighted by atomic mass is 9.95. The van der Waals surface area contributed by atoms with Crippen LogP contribution in [0.4, 0.5) is 5.82 Å². The van der Waals surface area contributed by atoms with Gasteiger partial charge in [0.2, 0.25) is 23.2 Å². The highest BCUT2D eigenvalue weighted by molar-refractivity contribution is 6.29. The molecule has 0 spiro atoms. The Morgan fingerprint density at radius 2 is 1.16 bits per heavy atom. The lowest BCUT2D eigenvalue weighted by molar-refractivity contribution is 0.462. The first-order valence-corrected chi connectivity index (χ1v) is 13.2. The van der Waals surface area contributed by atoms with E-state index in [1.54, 1.807) is 12.1 Å². The van der Waals surface area contributed by atoms with E-state index in [9.17, 15) is 0 Å². The molecule has 7 rings (SSSR count). The molecule has 0 radical (unpaired) electrons. The van der Waals surface area contributed by atoms with Crippen molar-refractivity contribution in [2.24, 2.45) is 0 Å². The van der Waals surface area contributed by atoms with Gasteiger partial charge in [0.05, 0.1) is 0 Å². The summed E-state index contributed by atoms with van der Waals surface area (Å²) in [7, 11) is 0. The summed E-state index contributed by atoms with van der Waals surface area (Å²) in [6, 6.07) is 27.6. The van der Waals surface area contributed by atoms with Gasteiger partial charge in [0.15, 0.2) is 0 Å². The number of nitrogens with zero attached hydrogens (tertiary/aromatic N) is 4. The number of rotatable bonds is 4. The van der Waals surface area contributed by atoms with Gasteiger partial charge < -0.3 is 14.2 Å². The summed E-state index contributed by atoms with van der Waals surface area (Å²) in [6.07, 6.45) is 6.42. The van der Waals surface area contributed by atoms with Crippen LogP contribution in [0.25, 0.3) is 45.4 Å². The van der Waals surface area contributed by atoms with Crippen molar-refractivity contribution in [3.63, 3.8) is 0 Å². The normalized spacial score (nSPS) is 13.8. The standard InChI is InChI=1S/C18H19N3O.C12H7ClN2O/c1-3-7-13(8-4-1)17-20-15-11-12-16(21-18(15)22-17)19-14-9-5-2-6-10-14;13-10-7-6-9-12(15-10)16-11(14-9)8-4-2-1-3-5-8/h1,3-4,7-8,11-12,14H,2,5-6,9-10H2,(H,19,21);1-7H.